The molecular weight excluding hydrogens is 444 g/mol. The molecule has 0 amide bonds. The van der Waals surface area contributed by atoms with Crippen molar-refractivity contribution in [3.8, 4) is 0 Å². The molecule has 0 saturated heterocycles. The van der Waals surface area contributed by atoms with Crippen molar-refractivity contribution in [1.29, 1.82) is 0 Å². The van der Waals surface area contributed by atoms with E-state index in [4.69, 9.17) is 4.98 Å². The van der Waals surface area contributed by atoms with Crippen molar-refractivity contribution in [3.05, 3.63) is 65.5 Å². The van der Waals surface area contributed by atoms with Gasteiger partial charge in [0.25, 0.3) is 0 Å². The molecule has 1 aliphatic rings. The molecule has 0 unspecified atom stereocenters. The molecule has 1 fully saturated rings. The molecule has 1 aliphatic carbocycles. The van der Waals surface area contributed by atoms with Gasteiger partial charge in [0.1, 0.15) is 11.6 Å². The molecule has 2 N–H and O–H groups in total. The van der Waals surface area contributed by atoms with E-state index < -0.39 is 17.6 Å². The molecular formula is C26H30F4N4. The summed E-state index contributed by atoms with van der Waals surface area (Å²) in [5.41, 5.74) is 1.44. The number of anilines is 2. The Balaban J connectivity index is 1.29. The van der Waals surface area contributed by atoms with Gasteiger partial charge >= 0.3 is 6.18 Å². The van der Waals surface area contributed by atoms with Crippen LogP contribution < -0.4 is 15.5 Å². The first-order valence-corrected chi connectivity index (χ1v) is 11.6. The second kappa shape index (κ2) is 10.2. The van der Waals surface area contributed by atoms with E-state index in [1.54, 1.807) is 0 Å². The molecule has 0 atom stereocenters. The monoisotopic (exact) mass is 474 g/mol. The van der Waals surface area contributed by atoms with E-state index in [1.807, 2.05) is 32.3 Å². The number of nitrogens with one attached hydrogen (secondary N) is 2. The van der Waals surface area contributed by atoms with Crippen LogP contribution in [0.25, 0.3) is 10.9 Å². The van der Waals surface area contributed by atoms with Gasteiger partial charge in [0.05, 0.1) is 11.1 Å². The van der Waals surface area contributed by atoms with E-state index in [0.29, 0.717) is 30.1 Å². The largest absolute Gasteiger partial charge is 0.416 e. The highest BCUT2D eigenvalue weighted by Gasteiger charge is 2.31. The molecule has 8 heteroatoms. The van der Waals surface area contributed by atoms with Crippen LogP contribution in [0, 0.1) is 11.7 Å². The van der Waals surface area contributed by atoms with Gasteiger partial charge in [-0.15, -0.1) is 0 Å². The SMILES string of the molecule is CN(C)c1cc(N[C@H]2CC[C@@H](CNCc3cc(F)cc(C(F)(F)F)c3)CC2)nc2ccccc12. The molecule has 0 radical (unpaired) electrons. The lowest BCUT2D eigenvalue weighted by molar-refractivity contribution is -0.137. The summed E-state index contributed by atoms with van der Waals surface area (Å²) in [5.74, 6) is 0.448. The summed E-state index contributed by atoms with van der Waals surface area (Å²) in [6.07, 6.45) is -0.534. The third-order valence-corrected chi connectivity index (χ3v) is 6.42. The maximum absolute atomic E-state index is 13.6. The van der Waals surface area contributed by atoms with E-state index in [-0.39, 0.29) is 6.54 Å². The van der Waals surface area contributed by atoms with Crippen LogP contribution in [-0.4, -0.2) is 31.7 Å². The lowest BCUT2D eigenvalue weighted by Gasteiger charge is -2.30. The highest BCUT2D eigenvalue weighted by Crippen LogP contribution is 2.32. The normalized spacial score (nSPS) is 18.8. The van der Waals surface area contributed by atoms with Gasteiger partial charge in [-0.2, -0.15) is 13.2 Å². The molecule has 0 aliphatic heterocycles. The summed E-state index contributed by atoms with van der Waals surface area (Å²) in [4.78, 5) is 6.88. The molecule has 4 nitrogen and oxygen atoms in total. The third kappa shape index (κ3) is 5.97. The zero-order valence-corrected chi connectivity index (χ0v) is 19.4. The number of para-hydroxylation sites is 1. The number of hydrogen-bond acceptors (Lipinski definition) is 4. The van der Waals surface area contributed by atoms with Crippen molar-refractivity contribution in [2.24, 2.45) is 5.92 Å². The summed E-state index contributed by atoms with van der Waals surface area (Å²) >= 11 is 0. The minimum absolute atomic E-state index is 0.216. The van der Waals surface area contributed by atoms with Crippen molar-refractivity contribution < 1.29 is 17.6 Å². The Morgan fingerprint density at radius 3 is 2.44 bits per heavy atom. The average molecular weight is 475 g/mol. The molecule has 1 aromatic heterocycles. The van der Waals surface area contributed by atoms with Gasteiger partial charge in [-0.05, 0) is 68.0 Å². The first-order chi connectivity index (χ1) is 16.2. The Labute approximate surface area is 197 Å². The molecule has 4 rings (SSSR count). The highest BCUT2D eigenvalue weighted by molar-refractivity contribution is 5.93. The van der Waals surface area contributed by atoms with Crippen molar-refractivity contribution in [3.63, 3.8) is 0 Å². The van der Waals surface area contributed by atoms with Crippen LogP contribution in [0.15, 0.2) is 48.5 Å². The molecule has 1 heterocycles. The molecule has 1 saturated carbocycles. The van der Waals surface area contributed by atoms with E-state index in [2.05, 4.69) is 27.7 Å². The summed E-state index contributed by atoms with van der Waals surface area (Å²) in [5, 5.41) is 7.92. The minimum atomic E-state index is -4.55. The summed E-state index contributed by atoms with van der Waals surface area (Å²) in [6.45, 7) is 0.914. The van der Waals surface area contributed by atoms with Gasteiger partial charge in [0.15, 0.2) is 0 Å². The number of nitrogens with zero attached hydrogens (tertiary/aromatic N) is 2. The van der Waals surface area contributed by atoms with E-state index in [0.717, 1.165) is 60.2 Å². The maximum atomic E-state index is 13.6. The summed E-state index contributed by atoms with van der Waals surface area (Å²) in [6, 6.07) is 13.2. The number of rotatable bonds is 7. The van der Waals surface area contributed by atoms with E-state index in [1.165, 1.54) is 0 Å². The number of hydrogen-bond donors (Lipinski definition) is 2. The van der Waals surface area contributed by atoms with Gasteiger partial charge in [0.2, 0.25) is 0 Å². The minimum Gasteiger partial charge on any atom is -0.377 e. The molecule has 34 heavy (non-hydrogen) atoms. The van der Waals surface area contributed by atoms with Crippen molar-refractivity contribution >= 4 is 22.4 Å². The van der Waals surface area contributed by atoms with Gasteiger partial charge < -0.3 is 15.5 Å². The predicted octanol–water partition coefficient (Wildman–Crippen LogP) is 6.22. The quantitative estimate of drug-likeness (QED) is 0.399. The first kappa shape index (κ1) is 24.3. The number of fused-ring (bicyclic) bond motifs is 1. The standard InChI is InChI=1S/C26H30F4N4/c1-34(2)24-14-25(33-23-6-4-3-5-22(23)24)32-21-9-7-17(8-10-21)15-31-16-18-11-19(26(28,29)30)13-20(27)12-18/h3-6,11-14,17,21,31H,7-10,15-16H2,1-2H3,(H,32,33)/t17-,21+. The van der Waals surface area contributed by atoms with E-state index >= 15 is 0 Å². The van der Waals surface area contributed by atoms with Gasteiger partial charge in [-0.1, -0.05) is 18.2 Å². The molecule has 2 aromatic carbocycles. The molecule has 182 valence electrons. The fourth-order valence-corrected chi connectivity index (χ4v) is 4.66. The fourth-order valence-electron chi connectivity index (χ4n) is 4.66. The average Bonchev–Trinajstić information content (AvgIpc) is 2.79. The van der Waals surface area contributed by atoms with Crippen LogP contribution in [-0.2, 0) is 12.7 Å². The number of benzene rings is 2. The number of alkyl halides is 3. The molecule has 3 aromatic rings. The van der Waals surface area contributed by atoms with Crippen LogP contribution in [0.1, 0.15) is 36.8 Å². The fraction of sp³-hybridized carbons (Fsp3) is 0.423. The number of halogens is 4. The van der Waals surface area contributed by atoms with Crippen LogP contribution in [0.5, 0.6) is 0 Å². The van der Waals surface area contributed by atoms with Crippen LogP contribution in [0.4, 0.5) is 29.1 Å². The van der Waals surface area contributed by atoms with Crippen molar-refractivity contribution in [2.75, 3.05) is 30.9 Å². The number of aromatic nitrogens is 1. The van der Waals surface area contributed by atoms with Gasteiger partial charge in [-0.25, -0.2) is 9.37 Å². The maximum Gasteiger partial charge on any atom is 0.416 e. The Hall–Kier alpha value is -2.87. The van der Waals surface area contributed by atoms with Gasteiger partial charge in [-0.3, -0.25) is 0 Å². The van der Waals surface area contributed by atoms with Crippen molar-refractivity contribution in [1.82, 2.24) is 10.3 Å². The Kier molecular flexibility index (Phi) is 7.26. The Morgan fingerprint density at radius 1 is 1.00 bits per heavy atom. The zero-order chi connectivity index (χ0) is 24.3. The predicted molar refractivity (Wildman–Crippen MR) is 129 cm³/mol. The van der Waals surface area contributed by atoms with Crippen LogP contribution >= 0.6 is 0 Å². The smallest absolute Gasteiger partial charge is 0.377 e. The third-order valence-electron chi connectivity index (χ3n) is 6.42. The lowest BCUT2D eigenvalue weighted by atomic mass is 9.86. The van der Waals surface area contributed by atoms with Crippen LogP contribution in [0.2, 0.25) is 0 Å². The lowest BCUT2D eigenvalue weighted by Crippen LogP contribution is -2.31. The van der Waals surface area contributed by atoms with E-state index in [9.17, 15) is 17.6 Å². The topological polar surface area (TPSA) is 40.2 Å². The zero-order valence-electron chi connectivity index (χ0n) is 19.4. The van der Waals surface area contributed by atoms with Gasteiger partial charge in [0, 0.05) is 43.8 Å². The first-order valence-electron chi connectivity index (χ1n) is 11.6. The Morgan fingerprint density at radius 2 is 1.74 bits per heavy atom. The number of pyridine rings is 1. The highest BCUT2D eigenvalue weighted by atomic mass is 19.4. The van der Waals surface area contributed by atoms with Crippen molar-refractivity contribution in [2.45, 2.75) is 44.4 Å². The molecule has 0 bridgehead atoms. The molecule has 0 spiro atoms. The Bertz CT molecular complexity index is 1120. The summed E-state index contributed by atoms with van der Waals surface area (Å²) < 4.78 is 52.3. The van der Waals surface area contributed by atoms with Crippen LogP contribution in [0.3, 0.4) is 0 Å². The second-order valence-corrected chi connectivity index (χ2v) is 9.28. The summed E-state index contributed by atoms with van der Waals surface area (Å²) in [7, 11) is 4.05. The second-order valence-electron chi connectivity index (χ2n) is 9.28.